The van der Waals surface area contributed by atoms with Gasteiger partial charge in [0.1, 0.15) is 5.75 Å². The summed E-state index contributed by atoms with van der Waals surface area (Å²) in [6, 6.07) is 2.80. The van der Waals surface area contributed by atoms with E-state index in [-0.39, 0.29) is 42.5 Å². The highest BCUT2D eigenvalue weighted by Crippen LogP contribution is 2.38. The topological polar surface area (TPSA) is 70.7 Å². The SMILES string of the molecule is CCOc1ccc(NC(=O)N2C[C@@H]3CCC[C@H](C2)C(=O)N3)cc1C(F)(F)F. The summed E-state index contributed by atoms with van der Waals surface area (Å²) >= 11 is 0. The van der Waals surface area contributed by atoms with Gasteiger partial charge in [0.15, 0.2) is 0 Å². The number of nitrogens with one attached hydrogen (secondary N) is 2. The molecular weight excluding hydrogens is 363 g/mol. The van der Waals surface area contributed by atoms with Gasteiger partial charge in [-0.15, -0.1) is 0 Å². The maximum absolute atomic E-state index is 13.2. The van der Waals surface area contributed by atoms with Crippen molar-refractivity contribution in [3.8, 4) is 5.75 Å². The minimum atomic E-state index is -4.60. The number of urea groups is 1. The third-order valence-electron chi connectivity index (χ3n) is 4.83. The number of likely N-dealkylation sites (tertiary alicyclic amines) is 1. The minimum absolute atomic E-state index is 0.0319. The van der Waals surface area contributed by atoms with Crippen LogP contribution in [0.5, 0.6) is 5.75 Å². The first-order valence-corrected chi connectivity index (χ1v) is 8.98. The van der Waals surface area contributed by atoms with Crippen LogP contribution in [0.1, 0.15) is 31.7 Å². The van der Waals surface area contributed by atoms with Gasteiger partial charge in [0.25, 0.3) is 0 Å². The van der Waals surface area contributed by atoms with E-state index in [1.165, 1.54) is 17.0 Å². The number of fused-ring (bicyclic) bond motifs is 3. The van der Waals surface area contributed by atoms with Crippen molar-refractivity contribution >= 4 is 17.6 Å². The van der Waals surface area contributed by atoms with Gasteiger partial charge in [-0.25, -0.2) is 4.79 Å². The smallest absolute Gasteiger partial charge is 0.420 e. The molecule has 2 bridgehead atoms. The highest BCUT2D eigenvalue weighted by Gasteiger charge is 2.36. The molecule has 2 N–H and O–H groups in total. The lowest BCUT2D eigenvalue weighted by atomic mass is 9.99. The predicted octanol–water partition coefficient (Wildman–Crippen LogP) is 3.24. The van der Waals surface area contributed by atoms with Crippen molar-refractivity contribution in [2.45, 2.75) is 38.4 Å². The van der Waals surface area contributed by atoms with E-state index >= 15 is 0 Å². The van der Waals surface area contributed by atoms with E-state index in [0.717, 1.165) is 18.9 Å². The normalized spacial score (nSPS) is 22.7. The van der Waals surface area contributed by atoms with E-state index in [1.807, 2.05) is 0 Å². The molecule has 27 heavy (non-hydrogen) atoms. The monoisotopic (exact) mass is 385 g/mol. The fourth-order valence-electron chi connectivity index (χ4n) is 3.53. The molecule has 0 radical (unpaired) electrons. The average Bonchev–Trinajstić information content (AvgIpc) is 2.84. The molecule has 0 aromatic heterocycles. The summed E-state index contributed by atoms with van der Waals surface area (Å²) in [5.74, 6) is -0.621. The Morgan fingerprint density at radius 3 is 2.81 bits per heavy atom. The van der Waals surface area contributed by atoms with Crippen LogP contribution in [0.3, 0.4) is 0 Å². The molecule has 0 unspecified atom stereocenters. The van der Waals surface area contributed by atoms with Crippen LogP contribution in [0, 0.1) is 5.92 Å². The van der Waals surface area contributed by atoms with Gasteiger partial charge in [0.05, 0.1) is 18.1 Å². The van der Waals surface area contributed by atoms with E-state index in [0.29, 0.717) is 13.0 Å². The van der Waals surface area contributed by atoms with Crippen LogP contribution in [0.2, 0.25) is 0 Å². The first-order chi connectivity index (χ1) is 12.8. The zero-order valence-corrected chi connectivity index (χ0v) is 14.9. The van der Waals surface area contributed by atoms with Gasteiger partial charge in [-0.2, -0.15) is 13.2 Å². The summed E-state index contributed by atoms with van der Waals surface area (Å²) in [4.78, 5) is 26.2. The lowest BCUT2D eigenvalue weighted by Crippen LogP contribution is -2.43. The van der Waals surface area contributed by atoms with Gasteiger partial charge < -0.3 is 20.3 Å². The molecule has 6 nitrogen and oxygen atoms in total. The number of alkyl halides is 3. The third-order valence-corrected chi connectivity index (χ3v) is 4.83. The zero-order chi connectivity index (χ0) is 19.6. The molecule has 1 aromatic carbocycles. The standard InChI is InChI=1S/C18H22F3N3O3/c1-2-27-15-7-6-12(8-14(15)18(19,20)21)23-17(26)24-9-11-4-3-5-13(10-24)22-16(11)25/h6-8,11,13H,2-5,9-10H2,1H3,(H,22,25)(H,23,26)/t11-,13+/m1/s1. The molecular formula is C18H22F3N3O3. The molecule has 2 heterocycles. The summed E-state index contributed by atoms with van der Waals surface area (Å²) in [5, 5.41) is 5.43. The number of halogens is 3. The lowest BCUT2D eigenvalue weighted by molar-refractivity contribution is -0.138. The van der Waals surface area contributed by atoms with Crippen LogP contribution < -0.4 is 15.4 Å². The summed E-state index contributed by atoms with van der Waals surface area (Å²) in [7, 11) is 0. The summed E-state index contributed by atoms with van der Waals surface area (Å²) in [6.07, 6.45) is -2.20. The molecule has 0 spiro atoms. The maximum Gasteiger partial charge on any atom is 0.420 e. The molecule has 2 fully saturated rings. The first kappa shape index (κ1) is 19.3. The lowest BCUT2D eigenvalue weighted by Gasteiger charge is -2.27. The van der Waals surface area contributed by atoms with Crippen LogP contribution in [-0.4, -0.2) is 42.6 Å². The molecule has 3 amide bonds. The number of rotatable bonds is 3. The Kier molecular flexibility index (Phi) is 5.48. The molecule has 9 heteroatoms. The Balaban J connectivity index is 1.76. The van der Waals surface area contributed by atoms with Crippen LogP contribution >= 0.6 is 0 Å². The van der Waals surface area contributed by atoms with Gasteiger partial charge >= 0.3 is 12.2 Å². The first-order valence-electron chi connectivity index (χ1n) is 8.98. The number of hydrogen-bond acceptors (Lipinski definition) is 3. The van der Waals surface area contributed by atoms with Gasteiger partial charge in [0, 0.05) is 24.8 Å². The fourth-order valence-corrected chi connectivity index (χ4v) is 3.53. The number of amides is 3. The van der Waals surface area contributed by atoms with Gasteiger partial charge in [-0.1, -0.05) is 6.42 Å². The number of carbonyl (C=O) groups excluding carboxylic acids is 2. The molecule has 0 saturated carbocycles. The Morgan fingerprint density at radius 1 is 1.33 bits per heavy atom. The Labute approximate surface area is 155 Å². The second-order valence-corrected chi connectivity index (χ2v) is 6.81. The van der Waals surface area contributed by atoms with E-state index in [2.05, 4.69) is 10.6 Å². The van der Waals surface area contributed by atoms with Gasteiger partial charge in [-0.3, -0.25) is 4.79 Å². The molecule has 3 rings (SSSR count). The minimum Gasteiger partial charge on any atom is -0.493 e. The molecule has 2 aliphatic heterocycles. The Bertz CT molecular complexity index is 724. The van der Waals surface area contributed by atoms with Gasteiger partial charge in [-0.05, 0) is 38.0 Å². The molecule has 148 valence electrons. The summed E-state index contributed by atoms with van der Waals surface area (Å²) in [6.45, 7) is 2.31. The number of ether oxygens (including phenoxy) is 1. The molecule has 2 atom stereocenters. The quantitative estimate of drug-likeness (QED) is 0.839. The van der Waals surface area contributed by atoms with E-state index in [4.69, 9.17) is 4.74 Å². The van der Waals surface area contributed by atoms with Crippen molar-refractivity contribution in [2.24, 2.45) is 5.92 Å². The molecule has 2 aliphatic rings. The Hall–Kier alpha value is -2.45. The maximum atomic E-state index is 13.2. The summed E-state index contributed by atoms with van der Waals surface area (Å²) < 4.78 is 44.8. The average molecular weight is 385 g/mol. The number of hydrogen-bond donors (Lipinski definition) is 2. The number of carbonyl (C=O) groups is 2. The van der Waals surface area contributed by atoms with Crippen molar-refractivity contribution in [3.05, 3.63) is 23.8 Å². The number of anilines is 1. The molecule has 2 saturated heterocycles. The zero-order valence-electron chi connectivity index (χ0n) is 14.9. The highest BCUT2D eigenvalue weighted by molar-refractivity contribution is 5.90. The van der Waals surface area contributed by atoms with E-state index in [1.54, 1.807) is 6.92 Å². The fraction of sp³-hybridized carbons (Fsp3) is 0.556. The van der Waals surface area contributed by atoms with Crippen molar-refractivity contribution in [3.63, 3.8) is 0 Å². The number of nitrogens with zero attached hydrogens (tertiary/aromatic N) is 1. The summed E-state index contributed by atoms with van der Waals surface area (Å²) in [5.41, 5.74) is -0.906. The van der Waals surface area contributed by atoms with Crippen molar-refractivity contribution in [1.82, 2.24) is 10.2 Å². The second-order valence-electron chi connectivity index (χ2n) is 6.81. The van der Waals surface area contributed by atoms with Crippen LogP contribution in [-0.2, 0) is 11.0 Å². The van der Waals surface area contributed by atoms with Crippen molar-refractivity contribution in [2.75, 3.05) is 25.0 Å². The molecule has 1 aromatic rings. The van der Waals surface area contributed by atoms with Crippen LogP contribution in [0.4, 0.5) is 23.7 Å². The van der Waals surface area contributed by atoms with E-state index < -0.39 is 17.8 Å². The number of benzene rings is 1. The Morgan fingerprint density at radius 2 is 2.11 bits per heavy atom. The van der Waals surface area contributed by atoms with Crippen LogP contribution in [0.25, 0.3) is 0 Å². The van der Waals surface area contributed by atoms with E-state index in [9.17, 15) is 22.8 Å². The van der Waals surface area contributed by atoms with Crippen molar-refractivity contribution in [1.29, 1.82) is 0 Å². The highest BCUT2D eigenvalue weighted by atomic mass is 19.4. The third kappa shape index (κ3) is 4.45. The van der Waals surface area contributed by atoms with Gasteiger partial charge in [0.2, 0.25) is 5.91 Å². The van der Waals surface area contributed by atoms with Crippen LogP contribution in [0.15, 0.2) is 18.2 Å². The molecule has 0 aliphatic carbocycles. The second kappa shape index (κ2) is 7.66. The van der Waals surface area contributed by atoms with Crippen molar-refractivity contribution < 1.29 is 27.5 Å². The largest absolute Gasteiger partial charge is 0.493 e. The predicted molar refractivity (Wildman–Crippen MR) is 92.5 cm³/mol.